The molecule has 1 fully saturated rings. The van der Waals surface area contributed by atoms with E-state index in [1.807, 2.05) is 30.5 Å². The van der Waals surface area contributed by atoms with Crippen LogP contribution in [0.5, 0.6) is 0 Å². The van der Waals surface area contributed by atoms with E-state index in [0.29, 0.717) is 5.92 Å². The average molecular weight is 322 g/mol. The Morgan fingerprint density at radius 1 is 1.21 bits per heavy atom. The molecular weight excluding hydrogens is 300 g/mol. The van der Waals surface area contributed by atoms with Gasteiger partial charge in [0.05, 0.1) is 5.69 Å². The first-order valence-corrected chi connectivity index (χ1v) is 8.66. The number of hydrogen-bond donors (Lipinski definition) is 0. The van der Waals surface area contributed by atoms with Gasteiger partial charge >= 0.3 is 0 Å². The van der Waals surface area contributed by atoms with E-state index in [2.05, 4.69) is 42.6 Å². The monoisotopic (exact) mass is 322 g/mol. The molecule has 3 aromatic rings. The molecule has 6 heteroatoms. The van der Waals surface area contributed by atoms with Crippen molar-refractivity contribution < 1.29 is 0 Å². The van der Waals surface area contributed by atoms with Crippen LogP contribution in [0.2, 0.25) is 0 Å². The van der Waals surface area contributed by atoms with Crippen molar-refractivity contribution >= 4 is 5.65 Å². The molecule has 0 aliphatic carbocycles. The van der Waals surface area contributed by atoms with Gasteiger partial charge in [-0.05, 0) is 37.6 Å². The van der Waals surface area contributed by atoms with Crippen molar-refractivity contribution in [3.63, 3.8) is 0 Å². The molecule has 0 bridgehead atoms. The van der Waals surface area contributed by atoms with Crippen molar-refractivity contribution in [1.29, 1.82) is 0 Å². The largest absolute Gasteiger partial charge is 0.297 e. The number of likely N-dealkylation sites (tertiary alicyclic amines) is 1. The predicted molar refractivity (Wildman–Crippen MR) is 91.6 cm³/mol. The summed E-state index contributed by atoms with van der Waals surface area (Å²) in [5, 5.41) is 8.75. The molecule has 124 valence electrons. The van der Waals surface area contributed by atoms with Gasteiger partial charge in [0.25, 0.3) is 0 Å². The Kier molecular flexibility index (Phi) is 4.21. The normalized spacial score (nSPS) is 19.0. The molecule has 0 aromatic carbocycles. The molecule has 0 spiro atoms. The van der Waals surface area contributed by atoms with E-state index in [1.165, 1.54) is 6.42 Å². The maximum absolute atomic E-state index is 4.64. The number of fused-ring (bicyclic) bond motifs is 1. The number of rotatable bonds is 4. The Bertz CT molecular complexity index is 827. The van der Waals surface area contributed by atoms with Crippen molar-refractivity contribution in [2.24, 2.45) is 0 Å². The lowest BCUT2D eigenvalue weighted by Gasteiger charge is -2.31. The SMILES string of the molecule is CCc1nccc(CN2CCC[C@H](c3nnc4ccccn34)C2)n1. The molecule has 0 N–H and O–H groups in total. The van der Waals surface area contributed by atoms with Gasteiger partial charge in [-0.1, -0.05) is 13.0 Å². The summed E-state index contributed by atoms with van der Waals surface area (Å²) in [5.41, 5.74) is 2.03. The second-order valence-electron chi connectivity index (χ2n) is 6.38. The first kappa shape index (κ1) is 15.2. The molecule has 4 rings (SSSR count). The van der Waals surface area contributed by atoms with E-state index < -0.39 is 0 Å². The molecule has 1 aliphatic rings. The van der Waals surface area contributed by atoms with E-state index in [4.69, 9.17) is 0 Å². The summed E-state index contributed by atoms with van der Waals surface area (Å²) in [4.78, 5) is 11.4. The van der Waals surface area contributed by atoms with Gasteiger partial charge in [-0.2, -0.15) is 0 Å². The van der Waals surface area contributed by atoms with Crippen molar-refractivity contribution in [2.45, 2.75) is 38.6 Å². The maximum Gasteiger partial charge on any atom is 0.160 e. The van der Waals surface area contributed by atoms with Gasteiger partial charge in [0, 0.05) is 37.8 Å². The highest BCUT2D eigenvalue weighted by atomic mass is 15.3. The van der Waals surface area contributed by atoms with Crippen molar-refractivity contribution in [1.82, 2.24) is 29.5 Å². The molecule has 1 atom stereocenters. The third-order valence-electron chi connectivity index (χ3n) is 4.68. The lowest BCUT2D eigenvalue weighted by Crippen LogP contribution is -2.34. The van der Waals surface area contributed by atoms with Gasteiger partial charge in [-0.15, -0.1) is 10.2 Å². The third-order valence-corrected chi connectivity index (χ3v) is 4.68. The number of aromatic nitrogens is 5. The zero-order valence-corrected chi connectivity index (χ0v) is 14.0. The van der Waals surface area contributed by atoms with Gasteiger partial charge in [-0.3, -0.25) is 9.30 Å². The molecule has 24 heavy (non-hydrogen) atoms. The first-order valence-electron chi connectivity index (χ1n) is 8.66. The number of piperidine rings is 1. The number of hydrogen-bond acceptors (Lipinski definition) is 5. The smallest absolute Gasteiger partial charge is 0.160 e. The average Bonchev–Trinajstić information content (AvgIpc) is 3.06. The lowest BCUT2D eigenvalue weighted by atomic mass is 9.97. The fourth-order valence-electron chi connectivity index (χ4n) is 3.48. The fourth-order valence-corrected chi connectivity index (χ4v) is 3.48. The molecule has 1 aliphatic heterocycles. The highest BCUT2D eigenvalue weighted by Crippen LogP contribution is 2.26. The van der Waals surface area contributed by atoms with Crippen LogP contribution in [0, 0.1) is 0 Å². The second-order valence-corrected chi connectivity index (χ2v) is 6.38. The van der Waals surface area contributed by atoms with Crippen molar-refractivity contribution in [2.75, 3.05) is 13.1 Å². The van der Waals surface area contributed by atoms with Crippen molar-refractivity contribution in [3.05, 3.63) is 54.0 Å². The van der Waals surface area contributed by atoms with Crippen LogP contribution in [0.15, 0.2) is 36.7 Å². The van der Waals surface area contributed by atoms with Gasteiger partial charge in [0.15, 0.2) is 5.65 Å². The molecule has 0 amide bonds. The van der Waals surface area contributed by atoms with Crippen LogP contribution < -0.4 is 0 Å². The van der Waals surface area contributed by atoms with E-state index in [9.17, 15) is 0 Å². The van der Waals surface area contributed by atoms with Crippen LogP contribution in [0.25, 0.3) is 5.65 Å². The minimum atomic E-state index is 0.420. The third kappa shape index (κ3) is 3.01. The summed E-state index contributed by atoms with van der Waals surface area (Å²) in [5.74, 6) is 2.42. The summed E-state index contributed by atoms with van der Waals surface area (Å²) in [6.45, 7) is 5.08. The van der Waals surface area contributed by atoms with Crippen molar-refractivity contribution in [3.8, 4) is 0 Å². The Morgan fingerprint density at radius 3 is 3.08 bits per heavy atom. The Labute approximate surface area is 141 Å². The Hall–Kier alpha value is -2.34. The predicted octanol–water partition coefficient (Wildman–Crippen LogP) is 2.46. The van der Waals surface area contributed by atoms with Gasteiger partial charge < -0.3 is 0 Å². The van der Waals surface area contributed by atoms with Crippen LogP contribution in [0.4, 0.5) is 0 Å². The number of aryl methyl sites for hydroxylation is 1. The minimum absolute atomic E-state index is 0.420. The second kappa shape index (κ2) is 6.65. The molecule has 4 heterocycles. The molecule has 0 radical (unpaired) electrons. The maximum atomic E-state index is 4.64. The fraction of sp³-hybridized carbons (Fsp3) is 0.444. The first-order chi connectivity index (χ1) is 11.8. The van der Waals surface area contributed by atoms with Crippen LogP contribution in [-0.2, 0) is 13.0 Å². The molecule has 0 saturated carbocycles. The summed E-state index contributed by atoms with van der Waals surface area (Å²) in [6, 6.07) is 8.06. The van der Waals surface area contributed by atoms with Gasteiger partial charge in [-0.25, -0.2) is 9.97 Å². The zero-order valence-electron chi connectivity index (χ0n) is 14.0. The van der Waals surface area contributed by atoms with E-state index in [1.54, 1.807) is 0 Å². The standard InChI is InChI=1S/C18H22N6/c1-2-16-19-9-8-15(20-16)13-23-10-5-6-14(12-23)18-22-21-17-7-3-4-11-24(17)18/h3-4,7-9,11,14H,2,5-6,10,12-13H2,1H3/t14-/m0/s1. The molecule has 3 aromatic heterocycles. The minimum Gasteiger partial charge on any atom is -0.297 e. The summed E-state index contributed by atoms with van der Waals surface area (Å²) in [7, 11) is 0. The van der Waals surface area contributed by atoms with Crippen LogP contribution in [0.1, 0.15) is 43.0 Å². The summed E-state index contributed by atoms with van der Waals surface area (Å²) >= 11 is 0. The van der Waals surface area contributed by atoms with Gasteiger partial charge in [0.2, 0.25) is 0 Å². The number of pyridine rings is 1. The molecule has 0 unspecified atom stereocenters. The Balaban J connectivity index is 1.51. The van der Waals surface area contributed by atoms with E-state index in [-0.39, 0.29) is 0 Å². The molecule has 6 nitrogen and oxygen atoms in total. The van der Waals surface area contributed by atoms with E-state index >= 15 is 0 Å². The van der Waals surface area contributed by atoms with Gasteiger partial charge in [0.1, 0.15) is 11.6 Å². The van der Waals surface area contributed by atoms with Crippen LogP contribution in [-0.4, -0.2) is 42.6 Å². The quantitative estimate of drug-likeness (QED) is 0.738. The van der Waals surface area contributed by atoms with Crippen LogP contribution in [0.3, 0.4) is 0 Å². The summed E-state index contributed by atoms with van der Waals surface area (Å²) < 4.78 is 2.12. The zero-order chi connectivity index (χ0) is 16.4. The topological polar surface area (TPSA) is 59.2 Å². The lowest BCUT2D eigenvalue weighted by molar-refractivity contribution is 0.194. The highest BCUT2D eigenvalue weighted by molar-refractivity contribution is 5.37. The number of nitrogens with zero attached hydrogens (tertiary/aromatic N) is 6. The highest BCUT2D eigenvalue weighted by Gasteiger charge is 2.25. The molecule has 1 saturated heterocycles. The Morgan fingerprint density at radius 2 is 2.17 bits per heavy atom. The molecular formula is C18H22N6. The summed E-state index contributed by atoms with van der Waals surface area (Å²) in [6.07, 6.45) is 7.15. The van der Waals surface area contributed by atoms with Crippen LogP contribution >= 0.6 is 0 Å². The van der Waals surface area contributed by atoms with E-state index in [0.717, 1.165) is 55.5 Å².